The van der Waals surface area contributed by atoms with Crippen LogP contribution < -0.4 is 0 Å². The van der Waals surface area contributed by atoms with E-state index in [0.717, 1.165) is 4.88 Å². The van der Waals surface area contributed by atoms with Crippen LogP contribution in [0, 0.1) is 6.92 Å². The van der Waals surface area contributed by atoms with Gasteiger partial charge in [-0.15, -0.1) is 11.3 Å². The van der Waals surface area contributed by atoms with Crippen LogP contribution in [0.5, 0.6) is 0 Å². The van der Waals surface area contributed by atoms with Crippen LogP contribution in [-0.2, 0) is 14.3 Å². The average molecular weight is 210 g/mol. The maximum absolute atomic E-state index is 11.0. The zero-order chi connectivity index (χ0) is 10.1. The van der Waals surface area contributed by atoms with E-state index in [4.69, 9.17) is 0 Å². The first-order chi connectivity index (χ1) is 6.65. The molecule has 0 radical (unpaired) electrons. The molecule has 0 aromatic carbocycles. The van der Waals surface area contributed by atoms with E-state index >= 15 is 0 Å². The molecule has 1 fully saturated rings. The van der Waals surface area contributed by atoms with Gasteiger partial charge in [0.25, 0.3) is 0 Å². The summed E-state index contributed by atoms with van der Waals surface area (Å²) in [5.74, 6) is -0.781. The second-order valence-corrected chi connectivity index (χ2v) is 4.72. The van der Waals surface area contributed by atoms with Crippen LogP contribution in [-0.4, -0.2) is 11.9 Å². The molecule has 0 spiro atoms. The minimum atomic E-state index is -0.405. The Hall–Kier alpha value is -1.16. The van der Waals surface area contributed by atoms with E-state index < -0.39 is 11.9 Å². The topological polar surface area (TPSA) is 43.4 Å². The molecule has 0 bridgehead atoms. The first kappa shape index (κ1) is 9.40. The smallest absolute Gasteiger partial charge is 0.314 e. The summed E-state index contributed by atoms with van der Waals surface area (Å²) in [4.78, 5) is 24.4. The minimum absolute atomic E-state index is 0.0300. The molecule has 0 saturated carbocycles. The van der Waals surface area contributed by atoms with Crippen molar-refractivity contribution in [2.75, 3.05) is 0 Å². The third kappa shape index (κ3) is 1.85. The number of hydrogen-bond acceptors (Lipinski definition) is 4. The van der Waals surface area contributed by atoms with Crippen molar-refractivity contribution >= 4 is 23.3 Å². The molecule has 1 saturated heterocycles. The molecular formula is C10H10O3S. The number of thiophene rings is 1. The summed E-state index contributed by atoms with van der Waals surface area (Å²) in [5.41, 5.74) is 0. The highest BCUT2D eigenvalue weighted by Crippen LogP contribution is 2.32. The second kappa shape index (κ2) is 3.53. The summed E-state index contributed by atoms with van der Waals surface area (Å²) in [5, 5.41) is 0. The lowest BCUT2D eigenvalue weighted by molar-refractivity contribution is -0.163. The van der Waals surface area contributed by atoms with Crippen LogP contribution in [0.4, 0.5) is 0 Å². The molecule has 0 aliphatic carbocycles. The number of hydrogen-bond donors (Lipinski definition) is 0. The van der Waals surface area contributed by atoms with Gasteiger partial charge >= 0.3 is 11.9 Å². The van der Waals surface area contributed by atoms with E-state index in [1.807, 2.05) is 19.1 Å². The molecule has 0 N–H and O–H groups in total. The van der Waals surface area contributed by atoms with Crippen LogP contribution >= 0.6 is 11.3 Å². The minimum Gasteiger partial charge on any atom is -0.393 e. The Kier molecular flexibility index (Phi) is 2.37. The summed E-state index contributed by atoms with van der Waals surface area (Å²) in [6, 6.07) is 3.99. The van der Waals surface area contributed by atoms with Crippen molar-refractivity contribution in [2.45, 2.75) is 25.7 Å². The number of esters is 2. The molecule has 2 heterocycles. The lowest BCUT2D eigenvalue weighted by Crippen LogP contribution is -2.23. The fraction of sp³-hybridized carbons (Fsp3) is 0.400. The Morgan fingerprint density at radius 1 is 1.29 bits per heavy atom. The van der Waals surface area contributed by atoms with Crippen LogP contribution in [0.1, 0.15) is 28.5 Å². The predicted octanol–water partition coefficient (Wildman–Crippen LogP) is 2.00. The normalized spacial score (nSPS) is 18.4. The van der Waals surface area contributed by atoms with Gasteiger partial charge in [0.2, 0.25) is 0 Å². The lowest BCUT2D eigenvalue weighted by Gasteiger charge is -2.18. The fourth-order valence-corrected chi connectivity index (χ4v) is 2.54. The average Bonchev–Trinajstić information content (AvgIpc) is 2.50. The van der Waals surface area contributed by atoms with Crippen molar-refractivity contribution in [3.8, 4) is 0 Å². The van der Waals surface area contributed by atoms with Gasteiger partial charge in [-0.2, -0.15) is 0 Å². The van der Waals surface area contributed by atoms with Gasteiger partial charge in [-0.25, -0.2) is 0 Å². The van der Waals surface area contributed by atoms with Crippen LogP contribution in [0.25, 0.3) is 0 Å². The molecule has 0 unspecified atom stereocenters. The number of ether oxygens (including phenoxy) is 1. The van der Waals surface area contributed by atoms with E-state index in [-0.39, 0.29) is 5.92 Å². The maximum Gasteiger partial charge on any atom is 0.314 e. The molecule has 74 valence electrons. The number of rotatable bonds is 1. The van der Waals surface area contributed by atoms with Crippen LogP contribution in [0.3, 0.4) is 0 Å². The summed E-state index contributed by atoms with van der Waals surface area (Å²) >= 11 is 1.64. The Bertz CT molecular complexity index is 364. The van der Waals surface area contributed by atoms with Crippen LogP contribution in [0.2, 0.25) is 0 Å². The molecule has 0 atom stereocenters. The lowest BCUT2D eigenvalue weighted by atomic mass is 9.98. The second-order valence-electron chi connectivity index (χ2n) is 3.40. The van der Waals surface area contributed by atoms with E-state index in [1.165, 1.54) is 4.88 Å². The standard InChI is InChI=1S/C10H10O3S/c1-6-2-3-8(14-6)7-4-9(11)13-10(12)5-7/h2-3,7H,4-5H2,1H3. The highest BCUT2D eigenvalue weighted by atomic mass is 32.1. The van der Waals surface area contributed by atoms with Crippen molar-refractivity contribution in [3.63, 3.8) is 0 Å². The van der Waals surface area contributed by atoms with Gasteiger partial charge in [0.15, 0.2) is 0 Å². The van der Waals surface area contributed by atoms with Crippen molar-refractivity contribution in [1.82, 2.24) is 0 Å². The van der Waals surface area contributed by atoms with Gasteiger partial charge in [0, 0.05) is 15.7 Å². The zero-order valence-electron chi connectivity index (χ0n) is 7.78. The van der Waals surface area contributed by atoms with Gasteiger partial charge < -0.3 is 4.74 Å². The zero-order valence-corrected chi connectivity index (χ0v) is 8.60. The first-order valence-electron chi connectivity index (χ1n) is 4.45. The molecule has 14 heavy (non-hydrogen) atoms. The third-order valence-corrected chi connectivity index (χ3v) is 3.38. The fourth-order valence-electron chi connectivity index (χ4n) is 1.56. The monoisotopic (exact) mass is 210 g/mol. The molecule has 1 aliphatic heterocycles. The number of cyclic esters (lactones) is 2. The molecule has 0 amide bonds. The van der Waals surface area contributed by atoms with Crippen molar-refractivity contribution < 1.29 is 14.3 Å². The van der Waals surface area contributed by atoms with E-state index in [9.17, 15) is 9.59 Å². The molecule has 2 rings (SSSR count). The molecule has 1 aliphatic rings. The van der Waals surface area contributed by atoms with Gasteiger partial charge in [0.1, 0.15) is 0 Å². The molecular weight excluding hydrogens is 200 g/mol. The van der Waals surface area contributed by atoms with Crippen LogP contribution in [0.15, 0.2) is 12.1 Å². The molecule has 1 aromatic rings. The SMILES string of the molecule is Cc1ccc(C2CC(=O)OC(=O)C2)s1. The highest BCUT2D eigenvalue weighted by Gasteiger charge is 2.28. The molecule has 4 heteroatoms. The Labute approximate surface area is 85.7 Å². The molecule has 3 nitrogen and oxygen atoms in total. The largest absolute Gasteiger partial charge is 0.393 e. The van der Waals surface area contributed by atoms with Gasteiger partial charge in [0.05, 0.1) is 12.8 Å². The van der Waals surface area contributed by atoms with Gasteiger partial charge in [-0.05, 0) is 19.1 Å². The predicted molar refractivity (Wildman–Crippen MR) is 52.1 cm³/mol. The summed E-state index contributed by atoms with van der Waals surface area (Å²) in [6.45, 7) is 2.01. The summed E-state index contributed by atoms with van der Waals surface area (Å²) in [6.07, 6.45) is 0.650. The summed E-state index contributed by atoms with van der Waals surface area (Å²) < 4.78 is 4.47. The quantitative estimate of drug-likeness (QED) is 0.526. The van der Waals surface area contributed by atoms with Gasteiger partial charge in [-0.3, -0.25) is 9.59 Å². The maximum atomic E-state index is 11.0. The van der Waals surface area contributed by atoms with Crippen molar-refractivity contribution in [3.05, 3.63) is 21.9 Å². The first-order valence-corrected chi connectivity index (χ1v) is 5.26. The van der Waals surface area contributed by atoms with Gasteiger partial charge in [-0.1, -0.05) is 0 Å². The highest BCUT2D eigenvalue weighted by molar-refractivity contribution is 7.12. The Morgan fingerprint density at radius 2 is 1.93 bits per heavy atom. The molecule has 1 aromatic heterocycles. The number of aryl methyl sites for hydroxylation is 1. The number of carbonyl (C=O) groups excluding carboxylic acids is 2. The van der Waals surface area contributed by atoms with E-state index in [1.54, 1.807) is 11.3 Å². The number of carbonyl (C=O) groups is 2. The Morgan fingerprint density at radius 3 is 2.43 bits per heavy atom. The van der Waals surface area contributed by atoms with E-state index in [0.29, 0.717) is 12.8 Å². The van der Waals surface area contributed by atoms with Crippen molar-refractivity contribution in [2.24, 2.45) is 0 Å². The van der Waals surface area contributed by atoms with Crippen molar-refractivity contribution in [1.29, 1.82) is 0 Å². The third-order valence-electron chi connectivity index (χ3n) is 2.22. The van der Waals surface area contributed by atoms with E-state index in [2.05, 4.69) is 4.74 Å². The Balaban J connectivity index is 2.18. The summed E-state index contributed by atoms with van der Waals surface area (Å²) in [7, 11) is 0.